The van der Waals surface area contributed by atoms with Gasteiger partial charge in [0.2, 0.25) is 0 Å². The molecule has 1 aromatic rings. The number of imidazole rings is 1. The van der Waals surface area contributed by atoms with Gasteiger partial charge in [-0.05, 0) is 39.2 Å². The molecule has 0 aromatic carbocycles. The van der Waals surface area contributed by atoms with E-state index in [0.29, 0.717) is 5.69 Å². The molecule has 1 aliphatic heterocycles. The fraction of sp³-hybridized carbons (Fsp3) is 0.750. The fourth-order valence-corrected chi connectivity index (χ4v) is 3.85. The number of aryl methyl sites for hydroxylation is 2. The lowest BCUT2D eigenvalue weighted by Gasteiger charge is -2.37. The lowest BCUT2D eigenvalue weighted by atomic mass is 10.0. The van der Waals surface area contributed by atoms with E-state index in [1.54, 1.807) is 6.33 Å². The summed E-state index contributed by atoms with van der Waals surface area (Å²) in [6.45, 7) is 4.09. The highest BCUT2D eigenvalue weighted by Gasteiger charge is 2.29. The third kappa shape index (κ3) is 3.12. The first-order valence-electron chi connectivity index (χ1n) is 8.18. The van der Waals surface area contributed by atoms with Crippen molar-refractivity contribution in [3.8, 4) is 0 Å². The molecule has 1 saturated heterocycles. The quantitative estimate of drug-likeness (QED) is 0.924. The van der Waals surface area contributed by atoms with Crippen LogP contribution in [0.25, 0.3) is 0 Å². The van der Waals surface area contributed by atoms with Gasteiger partial charge in [-0.3, -0.25) is 9.69 Å². The van der Waals surface area contributed by atoms with Crippen LogP contribution < -0.4 is 5.32 Å². The predicted octanol–water partition coefficient (Wildman–Crippen LogP) is 1.87. The Morgan fingerprint density at radius 3 is 2.71 bits per heavy atom. The van der Waals surface area contributed by atoms with Crippen molar-refractivity contribution in [2.45, 2.75) is 57.5 Å². The van der Waals surface area contributed by atoms with Crippen LogP contribution in [0.3, 0.4) is 0 Å². The molecule has 0 bridgehead atoms. The van der Waals surface area contributed by atoms with E-state index in [-0.39, 0.29) is 11.9 Å². The molecule has 0 radical (unpaired) electrons. The highest BCUT2D eigenvalue weighted by atomic mass is 16.2. The minimum Gasteiger partial charge on any atom is -0.347 e. The molecule has 1 amide bonds. The first-order valence-corrected chi connectivity index (χ1v) is 8.18. The number of carbonyl (C=O) groups is 1. The molecule has 116 valence electrons. The smallest absolute Gasteiger partial charge is 0.270 e. The van der Waals surface area contributed by atoms with Crippen molar-refractivity contribution in [2.24, 2.45) is 7.05 Å². The molecule has 0 unspecified atom stereocenters. The van der Waals surface area contributed by atoms with Crippen LogP contribution in [0.2, 0.25) is 0 Å². The maximum Gasteiger partial charge on any atom is 0.270 e. The SMILES string of the molecule is Cc1ncn(C)c1C(=O)N[C@H]1CCCN(C2CCCC2)C1. The number of carbonyl (C=O) groups excluding carboxylic acids is 1. The molecular weight excluding hydrogens is 264 g/mol. The van der Waals surface area contributed by atoms with E-state index in [1.807, 2.05) is 18.5 Å². The number of piperidine rings is 1. The van der Waals surface area contributed by atoms with Crippen LogP contribution in [-0.2, 0) is 7.05 Å². The second-order valence-electron chi connectivity index (χ2n) is 6.54. The average Bonchev–Trinajstić information content (AvgIpc) is 3.09. The summed E-state index contributed by atoms with van der Waals surface area (Å²) in [4.78, 5) is 19.2. The van der Waals surface area contributed by atoms with Crippen LogP contribution in [-0.4, -0.2) is 45.5 Å². The minimum atomic E-state index is 0.0192. The Morgan fingerprint density at radius 2 is 2.05 bits per heavy atom. The van der Waals surface area contributed by atoms with E-state index in [4.69, 9.17) is 0 Å². The summed E-state index contributed by atoms with van der Waals surface area (Å²) in [7, 11) is 1.88. The molecule has 1 N–H and O–H groups in total. The second-order valence-corrected chi connectivity index (χ2v) is 6.54. The third-order valence-electron chi connectivity index (χ3n) is 4.96. The van der Waals surface area contributed by atoms with Crippen molar-refractivity contribution in [2.75, 3.05) is 13.1 Å². The molecule has 2 heterocycles. The average molecular weight is 290 g/mol. The topological polar surface area (TPSA) is 50.2 Å². The van der Waals surface area contributed by atoms with Crippen LogP contribution in [0.1, 0.15) is 54.7 Å². The predicted molar refractivity (Wildman–Crippen MR) is 82.3 cm³/mol. The monoisotopic (exact) mass is 290 g/mol. The summed E-state index contributed by atoms with van der Waals surface area (Å²) in [6.07, 6.45) is 9.38. The van der Waals surface area contributed by atoms with Gasteiger partial charge in [-0.2, -0.15) is 0 Å². The molecule has 2 aliphatic rings. The first-order chi connectivity index (χ1) is 10.1. The highest BCUT2D eigenvalue weighted by molar-refractivity contribution is 5.93. The normalized spacial score (nSPS) is 24.4. The Hall–Kier alpha value is -1.36. The van der Waals surface area contributed by atoms with Gasteiger partial charge in [0.05, 0.1) is 12.0 Å². The van der Waals surface area contributed by atoms with Gasteiger partial charge < -0.3 is 9.88 Å². The van der Waals surface area contributed by atoms with Gasteiger partial charge in [-0.25, -0.2) is 4.98 Å². The maximum atomic E-state index is 12.5. The Kier molecular flexibility index (Phi) is 4.29. The Balaban J connectivity index is 1.60. The molecule has 0 spiro atoms. The summed E-state index contributed by atoms with van der Waals surface area (Å²) in [5, 5.41) is 3.21. The summed E-state index contributed by atoms with van der Waals surface area (Å²) >= 11 is 0. The van der Waals surface area contributed by atoms with Crippen molar-refractivity contribution < 1.29 is 4.79 Å². The summed E-state index contributed by atoms with van der Waals surface area (Å²) < 4.78 is 1.81. The van der Waals surface area contributed by atoms with Crippen LogP contribution in [0.5, 0.6) is 0 Å². The standard InChI is InChI=1S/C16H26N4O/c1-12-15(19(2)11-17-12)16(21)18-13-6-5-9-20(10-13)14-7-3-4-8-14/h11,13-14H,3-10H2,1-2H3,(H,18,21)/t13-/m0/s1. The molecule has 1 aromatic heterocycles. The van der Waals surface area contributed by atoms with Crippen LogP contribution in [0, 0.1) is 6.92 Å². The van der Waals surface area contributed by atoms with Gasteiger partial charge in [-0.15, -0.1) is 0 Å². The fourth-order valence-electron chi connectivity index (χ4n) is 3.85. The van der Waals surface area contributed by atoms with E-state index in [9.17, 15) is 4.79 Å². The van der Waals surface area contributed by atoms with Gasteiger partial charge >= 0.3 is 0 Å². The van der Waals surface area contributed by atoms with E-state index < -0.39 is 0 Å². The van der Waals surface area contributed by atoms with Gasteiger partial charge in [0.25, 0.3) is 5.91 Å². The van der Waals surface area contributed by atoms with Gasteiger partial charge in [0, 0.05) is 25.7 Å². The second kappa shape index (κ2) is 6.18. The third-order valence-corrected chi connectivity index (χ3v) is 4.96. The Labute approximate surface area is 126 Å². The molecule has 1 saturated carbocycles. The summed E-state index contributed by atoms with van der Waals surface area (Å²) in [5.74, 6) is 0.0192. The molecule has 3 rings (SSSR count). The number of amides is 1. The number of hydrogen-bond acceptors (Lipinski definition) is 3. The van der Waals surface area contributed by atoms with Crippen molar-refractivity contribution in [1.29, 1.82) is 0 Å². The van der Waals surface area contributed by atoms with Crippen molar-refractivity contribution in [3.05, 3.63) is 17.7 Å². The molecule has 1 atom stereocenters. The van der Waals surface area contributed by atoms with Crippen LogP contribution in [0.15, 0.2) is 6.33 Å². The van der Waals surface area contributed by atoms with E-state index >= 15 is 0 Å². The van der Waals surface area contributed by atoms with Crippen LogP contribution >= 0.6 is 0 Å². The zero-order valence-electron chi connectivity index (χ0n) is 13.1. The van der Waals surface area contributed by atoms with Crippen molar-refractivity contribution in [1.82, 2.24) is 19.8 Å². The zero-order chi connectivity index (χ0) is 14.8. The number of hydrogen-bond donors (Lipinski definition) is 1. The van der Waals surface area contributed by atoms with Gasteiger partial charge in [0.1, 0.15) is 5.69 Å². The molecule has 5 nitrogen and oxygen atoms in total. The number of rotatable bonds is 3. The number of nitrogens with zero attached hydrogens (tertiary/aromatic N) is 3. The molecule has 5 heteroatoms. The minimum absolute atomic E-state index is 0.0192. The van der Waals surface area contributed by atoms with Gasteiger partial charge in [0.15, 0.2) is 0 Å². The molecule has 21 heavy (non-hydrogen) atoms. The highest BCUT2D eigenvalue weighted by Crippen LogP contribution is 2.26. The lowest BCUT2D eigenvalue weighted by Crippen LogP contribution is -2.50. The van der Waals surface area contributed by atoms with E-state index in [0.717, 1.165) is 24.7 Å². The largest absolute Gasteiger partial charge is 0.347 e. The molecule has 2 fully saturated rings. The Morgan fingerprint density at radius 1 is 1.29 bits per heavy atom. The van der Waals surface area contributed by atoms with Crippen molar-refractivity contribution >= 4 is 5.91 Å². The van der Waals surface area contributed by atoms with E-state index in [1.165, 1.54) is 38.6 Å². The molecular formula is C16H26N4O. The lowest BCUT2D eigenvalue weighted by molar-refractivity contribution is 0.0866. The van der Waals surface area contributed by atoms with Crippen molar-refractivity contribution in [3.63, 3.8) is 0 Å². The number of aromatic nitrogens is 2. The summed E-state index contributed by atoms with van der Waals surface area (Å²) in [5.41, 5.74) is 1.49. The summed E-state index contributed by atoms with van der Waals surface area (Å²) in [6, 6.07) is 1.03. The number of likely N-dealkylation sites (tertiary alicyclic amines) is 1. The van der Waals surface area contributed by atoms with Crippen LogP contribution in [0.4, 0.5) is 0 Å². The Bertz CT molecular complexity index is 485. The number of nitrogens with one attached hydrogen (secondary N) is 1. The van der Waals surface area contributed by atoms with E-state index in [2.05, 4.69) is 15.2 Å². The maximum absolute atomic E-state index is 12.5. The first kappa shape index (κ1) is 14.6. The zero-order valence-corrected chi connectivity index (χ0v) is 13.1. The van der Waals surface area contributed by atoms with Gasteiger partial charge in [-0.1, -0.05) is 12.8 Å². The molecule has 1 aliphatic carbocycles.